The molecule has 0 radical (unpaired) electrons. The number of aliphatic hydroxyl groups is 1. The first-order chi connectivity index (χ1) is 8.97. The number of nitrogens with one attached hydrogen (secondary N) is 1. The van der Waals surface area contributed by atoms with Crippen LogP contribution in [0.2, 0.25) is 0 Å². The van der Waals surface area contributed by atoms with Crippen molar-refractivity contribution in [1.82, 2.24) is 5.32 Å². The Morgan fingerprint density at radius 3 is 2.32 bits per heavy atom. The zero-order valence-corrected chi connectivity index (χ0v) is 12.4. The molecule has 0 heterocycles. The maximum atomic E-state index is 9.94. The lowest BCUT2D eigenvalue weighted by atomic mass is 9.86. The lowest BCUT2D eigenvalue weighted by molar-refractivity contribution is 0.0902. The smallest absolute Gasteiger partial charge is 0.0693 e. The molecule has 19 heavy (non-hydrogen) atoms. The molecular formula is C17H27NO. The Kier molecular flexibility index (Phi) is 4.64. The van der Waals surface area contributed by atoms with Crippen LogP contribution in [0.15, 0.2) is 24.3 Å². The van der Waals surface area contributed by atoms with Gasteiger partial charge in [0.05, 0.1) is 6.10 Å². The lowest BCUT2D eigenvalue weighted by Crippen LogP contribution is -2.41. The summed E-state index contributed by atoms with van der Waals surface area (Å²) < 4.78 is 0. The van der Waals surface area contributed by atoms with Crippen molar-refractivity contribution >= 4 is 0 Å². The molecule has 1 saturated carbocycles. The van der Waals surface area contributed by atoms with E-state index in [0.717, 1.165) is 19.4 Å². The highest BCUT2D eigenvalue weighted by Gasteiger charge is 2.22. The van der Waals surface area contributed by atoms with Crippen LogP contribution in [-0.4, -0.2) is 17.3 Å². The van der Waals surface area contributed by atoms with Crippen molar-refractivity contribution in [2.24, 2.45) is 0 Å². The Hall–Kier alpha value is -0.860. The fourth-order valence-electron chi connectivity index (χ4n) is 2.72. The van der Waals surface area contributed by atoms with Crippen molar-refractivity contribution in [3.05, 3.63) is 35.4 Å². The van der Waals surface area contributed by atoms with Gasteiger partial charge >= 0.3 is 0 Å². The second-order valence-corrected chi connectivity index (χ2v) is 6.79. The average molecular weight is 261 g/mol. The van der Waals surface area contributed by atoms with Gasteiger partial charge in [0.2, 0.25) is 0 Å². The normalized spacial score (nSPS) is 24.4. The van der Waals surface area contributed by atoms with E-state index < -0.39 is 0 Å². The maximum absolute atomic E-state index is 9.94. The van der Waals surface area contributed by atoms with Gasteiger partial charge in [0.1, 0.15) is 0 Å². The summed E-state index contributed by atoms with van der Waals surface area (Å²) in [6.45, 7) is 7.56. The van der Waals surface area contributed by atoms with Gasteiger partial charge < -0.3 is 10.4 Å². The molecule has 0 aromatic heterocycles. The quantitative estimate of drug-likeness (QED) is 0.874. The van der Waals surface area contributed by atoms with E-state index in [0.29, 0.717) is 0 Å². The van der Waals surface area contributed by atoms with E-state index in [4.69, 9.17) is 0 Å². The third-order valence-corrected chi connectivity index (χ3v) is 4.12. The van der Waals surface area contributed by atoms with Gasteiger partial charge in [-0.1, -0.05) is 57.9 Å². The fraction of sp³-hybridized carbons (Fsp3) is 0.647. The molecule has 2 N–H and O–H groups in total. The highest BCUT2D eigenvalue weighted by Crippen LogP contribution is 2.22. The molecule has 2 atom stereocenters. The zero-order chi connectivity index (χ0) is 13.9. The summed E-state index contributed by atoms with van der Waals surface area (Å²) in [5.74, 6) is 0. The Morgan fingerprint density at radius 2 is 1.74 bits per heavy atom. The minimum Gasteiger partial charge on any atom is -0.392 e. The maximum Gasteiger partial charge on any atom is 0.0693 e. The van der Waals surface area contributed by atoms with Gasteiger partial charge in [-0.25, -0.2) is 0 Å². The summed E-state index contributed by atoms with van der Waals surface area (Å²) >= 11 is 0. The van der Waals surface area contributed by atoms with Gasteiger partial charge in [0, 0.05) is 12.6 Å². The largest absolute Gasteiger partial charge is 0.392 e. The van der Waals surface area contributed by atoms with Crippen molar-refractivity contribution < 1.29 is 5.11 Å². The van der Waals surface area contributed by atoms with Crippen LogP contribution in [0.1, 0.15) is 57.6 Å². The summed E-state index contributed by atoms with van der Waals surface area (Å²) in [7, 11) is 0. The van der Waals surface area contributed by atoms with Gasteiger partial charge in [-0.3, -0.25) is 0 Å². The van der Waals surface area contributed by atoms with Crippen molar-refractivity contribution in [3.8, 4) is 0 Å². The predicted molar refractivity (Wildman–Crippen MR) is 80.2 cm³/mol. The van der Waals surface area contributed by atoms with Crippen LogP contribution in [0.5, 0.6) is 0 Å². The molecule has 0 bridgehead atoms. The fourth-order valence-corrected chi connectivity index (χ4v) is 2.72. The van der Waals surface area contributed by atoms with Crippen LogP contribution in [0.3, 0.4) is 0 Å². The highest BCUT2D eigenvalue weighted by molar-refractivity contribution is 5.27. The van der Waals surface area contributed by atoms with Gasteiger partial charge in [-0.05, 0) is 29.4 Å². The van der Waals surface area contributed by atoms with E-state index in [-0.39, 0.29) is 17.6 Å². The standard InChI is InChI=1S/C17H27NO/c1-17(2,3)14-10-8-13(9-11-14)12-18-15-6-4-5-7-16(15)19/h8-11,15-16,18-19H,4-7,12H2,1-3H3/t15-,16+/m0/s1. The van der Waals surface area contributed by atoms with E-state index in [9.17, 15) is 5.11 Å². The number of aliphatic hydroxyl groups excluding tert-OH is 1. The van der Waals surface area contributed by atoms with Crippen LogP contribution < -0.4 is 5.32 Å². The molecule has 1 aliphatic carbocycles. The Balaban J connectivity index is 1.89. The van der Waals surface area contributed by atoms with Crippen LogP contribution in [-0.2, 0) is 12.0 Å². The van der Waals surface area contributed by atoms with E-state index in [1.165, 1.54) is 24.0 Å². The van der Waals surface area contributed by atoms with E-state index in [1.807, 2.05) is 0 Å². The molecule has 2 heteroatoms. The van der Waals surface area contributed by atoms with Crippen LogP contribution in [0.25, 0.3) is 0 Å². The molecule has 2 nitrogen and oxygen atoms in total. The Labute approximate surface area is 117 Å². The number of hydrogen-bond acceptors (Lipinski definition) is 2. The third kappa shape index (κ3) is 4.05. The van der Waals surface area contributed by atoms with Gasteiger partial charge in [-0.2, -0.15) is 0 Å². The number of rotatable bonds is 3. The van der Waals surface area contributed by atoms with Crippen LogP contribution >= 0.6 is 0 Å². The predicted octanol–water partition coefficient (Wildman–Crippen LogP) is 3.38. The second kappa shape index (κ2) is 6.06. The molecular weight excluding hydrogens is 234 g/mol. The highest BCUT2D eigenvalue weighted by atomic mass is 16.3. The molecule has 1 fully saturated rings. The molecule has 1 aromatic carbocycles. The van der Waals surface area contributed by atoms with E-state index >= 15 is 0 Å². The summed E-state index contributed by atoms with van der Waals surface area (Å²) in [5, 5.41) is 13.4. The number of benzene rings is 1. The molecule has 1 aliphatic rings. The molecule has 2 rings (SSSR count). The van der Waals surface area contributed by atoms with Crippen molar-refractivity contribution in [3.63, 3.8) is 0 Å². The zero-order valence-electron chi connectivity index (χ0n) is 12.4. The molecule has 1 aromatic rings. The van der Waals surface area contributed by atoms with Crippen molar-refractivity contribution in [2.75, 3.05) is 0 Å². The first-order valence-corrected chi connectivity index (χ1v) is 7.48. The first-order valence-electron chi connectivity index (χ1n) is 7.48. The first kappa shape index (κ1) is 14.5. The van der Waals surface area contributed by atoms with Gasteiger partial charge in [0.15, 0.2) is 0 Å². The molecule has 0 spiro atoms. The molecule has 0 amide bonds. The lowest BCUT2D eigenvalue weighted by Gasteiger charge is -2.28. The van der Waals surface area contributed by atoms with Gasteiger partial charge in [-0.15, -0.1) is 0 Å². The van der Waals surface area contributed by atoms with Gasteiger partial charge in [0.25, 0.3) is 0 Å². The average Bonchev–Trinajstić information content (AvgIpc) is 2.37. The summed E-state index contributed by atoms with van der Waals surface area (Å²) in [5.41, 5.74) is 2.88. The third-order valence-electron chi connectivity index (χ3n) is 4.12. The van der Waals surface area contributed by atoms with Crippen molar-refractivity contribution in [1.29, 1.82) is 0 Å². The SMILES string of the molecule is CC(C)(C)c1ccc(CN[C@H]2CCCC[C@H]2O)cc1. The topological polar surface area (TPSA) is 32.3 Å². The molecule has 0 aliphatic heterocycles. The summed E-state index contributed by atoms with van der Waals surface area (Å²) in [6.07, 6.45) is 4.28. The molecule has 0 unspecified atom stereocenters. The summed E-state index contributed by atoms with van der Waals surface area (Å²) in [4.78, 5) is 0. The minimum absolute atomic E-state index is 0.164. The van der Waals surface area contributed by atoms with Crippen molar-refractivity contribution in [2.45, 2.75) is 70.6 Å². The molecule has 0 saturated heterocycles. The summed E-state index contributed by atoms with van der Waals surface area (Å²) in [6, 6.07) is 9.10. The van der Waals surface area contributed by atoms with E-state index in [2.05, 4.69) is 50.4 Å². The van der Waals surface area contributed by atoms with Crippen LogP contribution in [0.4, 0.5) is 0 Å². The number of hydrogen-bond donors (Lipinski definition) is 2. The van der Waals surface area contributed by atoms with Crippen LogP contribution in [0, 0.1) is 0 Å². The Bertz CT molecular complexity index is 391. The minimum atomic E-state index is -0.164. The monoisotopic (exact) mass is 261 g/mol. The Morgan fingerprint density at radius 1 is 1.11 bits per heavy atom. The molecule has 106 valence electrons. The van der Waals surface area contributed by atoms with E-state index in [1.54, 1.807) is 0 Å². The second-order valence-electron chi connectivity index (χ2n) is 6.79.